The minimum absolute atomic E-state index is 0.0964. The van der Waals surface area contributed by atoms with Crippen molar-refractivity contribution in [3.8, 4) is 0 Å². The summed E-state index contributed by atoms with van der Waals surface area (Å²) in [5.74, 6) is 0.214. The highest BCUT2D eigenvalue weighted by atomic mass is 32.1. The molecule has 3 atom stereocenters. The number of hydrogen-bond acceptors (Lipinski definition) is 5. The molecule has 1 aliphatic carbocycles. The van der Waals surface area contributed by atoms with Crippen LogP contribution in [0, 0.1) is 31.1 Å². The van der Waals surface area contributed by atoms with E-state index in [1.165, 1.54) is 16.9 Å². The molecule has 26 heavy (non-hydrogen) atoms. The second kappa shape index (κ2) is 6.34. The summed E-state index contributed by atoms with van der Waals surface area (Å²) in [7, 11) is 0. The molecule has 2 aromatic rings. The standard InChI is InChI=1S/C20H26N2O3S/c1-9(2)8-13-15(20(13,6)7)19(24)25-11(4)16-21-17(23)14-10(3)12(5)26-18(14)22-16/h8,11,13,15H,1-7H3,(H,21,22,23). The van der Waals surface area contributed by atoms with E-state index in [1.54, 1.807) is 6.92 Å². The van der Waals surface area contributed by atoms with Gasteiger partial charge in [-0.1, -0.05) is 25.5 Å². The van der Waals surface area contributed by atoms with Crippen LogP contribution in [0.4, 0.5) is 0 Å². The van der Waals surface area contributed by atoms with Crippen LogP contribution in [-0.2, 0) is 9.53 Å². The molecule has 2 heterocycles. The zero-order valence-electron chi connectivity index (χ0n) is 16.4. The van der Waals surface area contributed by atoms with Crippen molar-refractivity contribution in [1.82, 2.24) is 9.97 Å². The Kier molecular flexibility index (Phi) is 4.59. The van der Waals surface area contributed by atoms with Gasteiger partial charge in [0.15, 0.2) is 11.9 Å². The number of aromatic amines is 1. The Labute approximate surface area is 157 Å². The fourth-order valence-corrected chi connectivity index (χ4v) is 4.60. The summed E-state index contributed by atoms with van der Waals surface area (Å²) in [5.41, 5.74) is 1.88. The number of fused-ring (bicyclic) bond motifs is 1. The number of allylic oxidation sites excluding steroid dienone is 2. The van der Waals surface area contributed by atoms with Crippen molar-refractivity contribution in [3.05, 3.63) is 38.3 Å². The number of aryl methyl sites for hydroxylation is 2. The first-order valence-corrected chi connectivity index (χ1v) is 9.71. The first-order chi connectivity index (χ1) is 12.0. The third kappa shape index (κ3) is 3.11. The summed E-state index contributed by atoms with van der Waals surface area (Å²) in [6.45, 7) is 13.9. The van der Waals surface area contributed by atoms with Crippen LogP contribution in [0.3, 0.4) is 0 Å². The topological polar surface area (TPSA) is 72.0 Å². The zero-order chi connectivity index (χ0) is 19.4. The number of nitrogens with zero attached hydrogens (tertiary/aromatic N) is 1. The second-order valence-electron chi connectivity index (χ2n) is 8.06. The van der Waals surface area contributed by atoms with Crippen LogP contribution in [0.2, 0.25) is 0 Å². The molecule has 140 valence electrons. The van der Waals surface area contributed by atoms with Gasteiger partial charge in [-0.25, -0.2) is 4.98 Å². The average molecular weight is 375 g/mol. The number of aromatic nitrogens is 2. The molecule has 0 aromatic carbocycles. The lowest BCUT2D eigenvalue weighted by atomic mass is 10.1. The van der Waals surface area contributed by atoms with Crippen molar-refractivity contribution in [2.45, 2.75) is 54.6 Å². The summed E-state index contributed by atoms with van der Waals surface area (Å²) >= 11 is 1.49. The van der Waals surface area contributed by atoms with E-state index < -0.39 is 6.10 Å². The van der Waals surface area contributed by atoms with E-state index in [4.69, 9.17) is 4.74 Å². The summed E-state index contributed by atoms with van der Waals surface area (Å²) in [4.78, 5) is 34.1. The Morgan fingerprint density at radius 1 is 1.35 bits per heavy atom. The minimum Gasteiger partial charge on any atom is -0.454 e. The SMILES string of the molecule is CC(C)=CC1C(C(=O)OC(C)c2nc3sc(C)c(C)c3c(=O)[nH]2)C1(C)C. The third-order valence-corrected chi connectivity index (χ3v) is 6.51. The lowest BCUT2D eigenvalue weighted by molar-refractivity contribution is -0.151. The molecule has 1 saturated carbocycles. The number of carbonyl (C=O) groups excluding carboxylic acids is 1. The Balaban J connectivity index is 1.82. The van der Waals surface area contributed by atoms with Crippen LogP contribution >= 0.6 is 11.3 Å². The zero-order valence-corrected chi connectivity index (χ0v) is 17.2. The van der Waals surface area contributed by atoms with Crippen molar-refractivity contribution >= 4 is 27.5 Å². The van der Waals surface area contributed by atoms with Gasteiger partial charge in [-0.15, -0.1) is 11.3 Å². The monoisotopic (exact) mass is 374 g/mol. The lowest BCUT2D eigenvalue weighted by Gasteiger charge is -2.13. The van der Waals surface area contributed by atoms with E-state index in [2.05, 4.69) is 29.9 Å². The number of nitrogens with one attached hydrogen (secondary N) is 1. The highest BCUT2D eigenvalue weighted by Gasteiger charge is 2.61. The Bertz CT molecular complexity index is 963. The highest BCUT2D eigenvalue weighted by Crippen LogP contribution is 2.60. The number of esters is 1. The van der Waals surface area contributed by atoms with Gasteiger partial charge in [-0.05, 0) is 51.5 Å². The van der Waals surface area contributed by atoms with E-state index in [0.717, 1.165) is 10.4 Å². The lowest BCUT2D eigenvalue weighted by Crippen LogP contribution is -2.19. The number of thiophene rings is 1. The highest BCUT2D eigenvalue weighted by molar-refractivity contribution is 7.18. The molecule has 0 aliphatic heterocycles. The molecule has 3 rings (SSSR count). The van der Waals surface area contributed by atoms with Crippen LogP contribution in [0.15, 0.2) is 16.4 Å². The molecule has 5 nitrogen and oxygen atoms in total. The second-order valence-corrected chi connectivity index (χ2v) is 9.27. The van der Waals surface area contributed by atoms with E-state index in [1.807, 2.05) is 27.7 Å². The molecule has 1 N–H and O–H groups in total. The summed E-state index contributed by atoms with van der Waals surface area (Å²) in [5, 5.41) is 0.627. The van der Waals surface area contributed by atoms with Crippen molar-refractivity contribution in [3.63, 3.8) is 0 Å². The van der Waals surface area contributed by atoms with Gasteiger partial charge in [0.1, 0.15) is 4.83 Å². The third-order valence-electron chi connectivity index (χ3n) is 5.41. The maximum Gasteiger partial charge on any atom is 0.310 e. The van der Waals surface area contributed by atoms with Crippen LogP contribution in [0.25, 0.3) is 10.2 Å². The predicted molar refractivity (Wildman–Crippen MR) is 104 cm³/mol. The van der Waals surface area contributed by atoms with Gasteiger partial charge in [0.05, 0.1) is 11.3 Å². The Hall–Kier alpha value is -1.95. The van der Waals surface area contributed by atoms with Gasteiger partial charge in [0.2, 0.25) is 0 Å². The number of carbonyl (C=O) groups is 1. The fourth-order valence-electron chi connectivity index (χ4n) is 3.57. The molecule has 0 spiro atoms. The van der Waals surface area contributed by atoms with Gasteiger partial charge in [-0.2, -0.15) is 0 Å². The normalized spacial score (nSPS) is 22.1. The number of rotatable bonds is 4. The predicted octanol–water partition coefficient (Wildman–Crippen LogP) is 4.44. The number of ether oxygens (including phenoxy) is 1. The van der Waals surface area contributed by atoms with E-state index in [0.29, 0.717) is 16.0 Å². The Morgan fingerprint density at radius 3 is 2.62 bits per heavy atom. The van der Waals surface area contributed by atoms with Crippen LogP contribution in [0.5, 0.6) is 0 Å². The van der Waals surface area contributed by atoms with Crippen molar-refractivity contribution in [1.29, 1.82) is 0 Å². The van der Waals surface area contributed by atoms with E-state index in [9.17, 15) is 9.59 Å². The number of hydrogen-bond donors (Lipinski definition) is 1. The van der Waals surface area contributed by atoms with E-state index >= 15 is 0 Å². The molecule has 1 aliphatic rings. The number of H-pyrrole nitrogens is 1. The van der Waals surface area contributed by atoms with Gasteiger partial charge < -0.3 is 9.72 Å². The maximum atomic E-state index is 12.6. The molecule has 3 unspecified atom stereocenters. The van der Waals surface area contributed by atoms with Crippen LogP contribution in [-0.4, -0.2) is 15.9 Å². The molecule has 0 radical (unpaired) electrons. The molecule has 2 aromatic heterocycles. The summed E-state index contributed by atoms with van der Waals surface area (Å²) in [6, 6.07) is 0. The minimum atomic E-state index is -0.592. The molecule has 0 bridgehead atoms. The summed E-state index contributed by atoms with van der Waals surface area (Å²) in [6.07, 6.45) is 1.55. The van der Waals surface area contributed by atoms with Crippen LogP contribution in [0.1, 0.15) is 57.0 Å². The smallest absolute Gasteiger partial charge is 0.310 e. The largest absolute Gasteiger partial charge is 0.454 e. The van der Waals surface area contributed by atoms with Gasteiger partial charge >= 0.3 is 5.97 Å². The van der Waals surface area contributed by atoms with Crippen molar-refractivity contribution in [2.24, 2.45) is 17.3 Å². The van der Waals surface area contributed by atoms with Crippen molar-refractivity contribution in [2.75, 3.05) is 0 Å². The molecule has 1 fully saturated rings. The van der Waals surface area contributed by atoms with Gasteiger partial charge in [0.25, 0.3) is 5.56 Å². The molecule has 0 saturated heterocycles. The molecular weight excluding hydrogens is 348 g/mol. The first kappa shape index (κ1) is 18.8. The van der Waals surface area contributed by atoms with Crippen molar-refractivity contribution < 1.29 is 9.53 Å². The van der Waals surface area contributed by atoms with Gasteiger partial charge in [0, 0.05) is 4.88 Å². The maximum absolute atomic E-state index is 12.6. The van der Waals surface area contributed by atoms with Gasteiger partial charge in [-0.3, -0.25) is 9.59 Å². The Morgan fingerprint density at radius 2 is 2.00 bits per heavy atom. The average Bonchev–Trinajstić information content (AvgIpc) is 2.91. The summed E-state index contributed by atoms with van der Waals surface area (Å²) < 4.78 is 5.65. The molecule has 6 heteroatoms. The van der Waals surface area contributed by atoms with E-state index in [-0.39, 0.29) is 28.8 Å². The first-order valence-electron chi connectivity index (χ1n) is 8.89. The quantitative estimate of drug-likeness (QED) is 0.634. The molecule has 0 amide bonds. The van der Waals surface area contributed by atoms with Crippen LogP contribution < -0.4 is 5.56 Å². The molecular formula is C20H26N2O3S. The fraction of sp³-hybridized carbons (Fsp3) is 0.550.